The van der Waals surface area contributed by atoms with E-state index in [4.69, 9.17) is 9.47 Å². The van der Waals surface area contributed by atoms with Gasteiger partial charge < -0.3 is 19.1 Å². The average molecular weight is 745 g/mol. The smallest absolute Gasteiger partial charge is 0.339 e. The zero-order chi connectivity index (χ0) is 37.6. The van der Waals surface area contributed by atoms with Gasteiger partial charge in [0.15, 0.2) is 38.0 Å². The predicted molar refractivity (Wildman–Crippen MR) is 180 cm³/mol. The van der Waals surface area contributed by atoms with Crippen molar-refractivity contribution in [3.05, 3.63) is 130 Å². The number of benzene rings is 4. The molecule has 0 fully saturated rings. The van der Waals surface area contributed by atoms with Crippen LogP contribution in [0.2, 0.25) is 0 Å². The Bertz CT molecular complexity index is 2160. The molecule has 0 radical (unpaired) electrons. The monoisotopic (exact) mass is 744 g/mol. The third kappa shape index (κ3) is 9.51. The molecule has 0 saturated carbocycles. The van der Waals surface area contributed by atoms with Gasteiger partial charge in [0.05, 0.1) is 16.0 Å². The van der Waals surface area contributed by atoms with Crippen molar-refractivity contribution in [2.75, 3.05) is 25.7 Å². The van der Waals surface area contributed by atoms with Crippen molar-refractivity contribution in [1.82, 2.24) is 0 Å². The summed E-state index contributed by atoms with van der Waals surface area (Å²) in [7, 11) is -3.70. The third-order valence-corrected chi connectivity index (χ3v) is 9.44. The Hall–Kier alpha value is -5.25. The zero-order valence-electron chi connectivity index (χ0n) is 27.0. The minimum Gasteiger partial charge on any atom is -0.612 e. The molecule has 15 heteroatoms. The van der Waals surface area contributed by atoms with Gasteiger partial charge in [0, 0.05) is 24.3 Å². The molecular formula is C36H28F4O9S2. The lowest BCUT2D eigenvalue weighted by molar-refractivity contribution is -0.139. The number of carboxylic acid groups (broad SMARTS) is 1. The van der Waals surface area contributed by atoms with Crippen LogP contribution in [-0.4, -0.2) is 61.7 Å². The van der Waals surface area contributed by atoms with E-state index in [0.717, 1.165) is 43.5 Å². The second-order valence-corrected chi connectivity index (χ2v) is 14.3. The molecule has 9 nitrogen and oxygen atoms in total. The van der Waals surface area contributed by atoms with Gasteiger partial charge in [0.25, 0.3) is 0 Å². The molecule has 0 spiro atoms. The van der Waals surface area contributed by atoms with E-state index >= 15 is 0 Å². The molecule has 1 atom stereocenters. The van der Waals surface area contributed by atoms with Crippen molar-refractivity contribution < 1.29 is 59.5 Å². The lowest BCUT2D eigenvalue weighted by Crippen LogP contribution is -2.16. The van der Waals surface area contributed by atoms with Crippen LogP contribution >= 0.6 is 0 Å². The number of esters is 2. The summed E-state index contributed by atoms with van der Waals surface area (Å²) < 4.78 is 104. The number of sulfone groups is 1. The summed E-state index contributed by atoms with van der Waals surface area (Å²) in [6.07, 6.45) is 2.37. The van der Waals surface area contributed by atoms with Gasteiger partial charge in [-0.2, -0.15) is 0 Å². The number of carbonyl (C=O) groups excluding carboxylic acids is 2. The Kier molecular flexibility index (Phi) is 12.2. The van der Waals surface area contributed by atoms with Crippen molar-refractivity contribution >= 4 is 61.2 Å². The summed E-state index contributed by atoms with van der Waals surface area (Å²) in [6, 6.07) is 15.4. The van der Waals surface area contributed by atoms with Gasteiger partial charge in [-0.1, -0.05) is 24.3 Å². The Labute approximate surface area is 292 Å². The average Bonchev–Trinajstić information content (AvgIpc) is 3.07. The molecule has 4 rings (SSSR count). The molecule has 0 aliphatic carbocycles. The highest BCUT2D eigenvalue weighted by molar-refractivity contribution is 7.91. The topological polar surface area (TPSA) is 147 Å². The van der Waals surface area contributed by atoms with Gasteiger partial charge in [-0.25, -0.2) is 35.6 Å². The second-order valence-electron chi connectivity index (χ2n) is 10.9. The van der Waals surface area contributed by atoms with Gasteiger partial charge in [-0.05, 0) is 94.1 Å². The lowest BCUT2D eigenvalue weighted by Gasteiger charge is -2.18. The van der Waals surface area contributed by atoms with Gasteiger partial charge in [-0.15, -0.1) is 0 Å². The van der Waals surface area contributed by atoms with Crippen LogP contribution in [0.5, 0.6) is 0 Å². The molecule has 1 N–H and O–H groups in total. The minimum absolute atomic E-state index is 0.0129. The lowest BCUT2D eigenvalue weighted by atomic mass is 9.94. The first-order valence-corrected chi connectivity index (χ1v) is 18.1. The first-order chi connectivity index (χ1) is 24.0. The maximum Gasteiger partial charge on any atom is 0.339 e. The number of carbonyl (C=O) groups is 3. The van der Waals surface area contributed by atoms with E-state index in [2.05, 4.69) is 0 Å². The molecule has 1 unspecified atom stereocenters. The SMILES string of the molecule is CC(=O)OCC(=C(C(=O)OCC(=C(C(=O)O)c1ccc(F)c(F)c1)c1ccc(S(C)(=O)=O)cc1)c1ccc(F)c(F)c1)c1ccc([S+](C)[O-])cc1. The van der Waals surface area contributed by atoms with Crippen LogP contribution in [0.15, 0.2) is 94.7 Å². The highest BCUT2D eigenvalue weighted by Gasteiger charge is 2.26. The van der Waals surface area contributed by atoms with E-state index in [0.29, 0.717) is 23.1 Å². The molecule has 4 aromatic rings. The highest BCUT2D eigenvalue weighted by atomic mass is 32.2. The fraction of sp³-hybridized carbons (Fsp3) is 0.139. The Morgan fingerprint density at radius 1 is 0.686 bits per heavy atom. The van der Waals surface area contributed by atoms with E-state index in [1.807, 2.05) is 0 Å². The molecule has 0 aromatic heterocycles. The summed E-state index contributed by atoms with van der Waals surface area (Å²) in [5.74, 6) is -8.91. The zero-order valence-corrected chi connectivity index (χ0v) is 28.7. The van der Waals surface area contributed by atoms with Crippen LogP contribution in [0, 0.1) is 23.3 Å². The number of hydrogen-bond donors (Lipinski definition) is 1. The van der Waals surface area contributed by atoms with Crippen LogP contribution in [-0.2, 0) is 44.9 Å². The Morgan fingerprint density at radius 2 is 1.12 bits per heavy atom. The molecule has 0 aliphatic heterocycles. The fourth-order valence-corrected chi connectivity index (χ4v) is 6.03. The first kappa shape index (κ1) is 38.6. The molecule has 0 saturated heterocycles. The molecule has 0 heterocycles. The normalized spacial score (nSPS) is 13.1. The molecule has 51 heavy (non-hydrogen) atoms. The van der Waals surface area contributed by atoms with Gasteiger partial charge >= 0.3 is 17.9 Å². The van der Waals surface area contributed by atoms with Gasteiger partial charge in [-0.3, -0.25) is 4.79 Å². The number of rotatable bonds is 12. The first-order valence-electron chi connectivity index (χ1n) is 14.6. The largest absolute Gasteiger partial charge is 0.612 e. The maximum atomic E-state index is 14.6. The summed E-state index contributed by atoms with van der Waals surface area (Å²) in [6.45, 7) is -0.383. The molecule has 0 amide bonds. The van der Waals surface area contributed by atoms with E-state index in [9.17, 15) is 50.0 Å². The Balaban J connectivity index is 1.94. The third-order valence-electron chi connectivity index (χ3n) is 7.37. The molecule has 0 aliphatic rings. The van der Waals surface area contributed by atoms with E-state index < -0.39 is 86.5 Å². The fourth-order valence-electron chi connectivity index (χ4n) is 4.88. The van der Waals surface area contributed by atoms with Crippen LogP contribution in [0.1, 0.15) is 29.2 Å². The predicted octanol–water partition coefficient (Wildman–Crippen LogP) is 6.10. The van der Waals surface area contributed by atoms with Crippen molar-refractivity contribution in [1.29, 1.82) is 0 Å². The minimum atomic E-state index is -3.70. The molecular weight excluding hydrogens is 717 g/mol. The van der Waals surface area contributed by atoms with Crippen molar-refractivity contribution in [3.63, 3.8) is 0 Å². The number of ether oxygens (including phenoxy) is 2. The quantitative estimate of drug-likeness (QED) is 0.0598. The molecule has 4 aromatic carbocycles. The summed E-state index contributed by atoms with van der Waals surface area (Å²) in [4.78, 5) is 38.9. The summed E-state index contributed by atoms with van der Waals surface area (Å²) >= 11 is -1.40. The van der Waals surface area contributed by atoms with E-state index in [-0.39, 0.29) is 38.3 Å². The van der Waals surface area contributed by atoms with Gasteiger partial charge in [0.2, 0.25) is 0 Å². The van der Waals surface area contributed by atoms with Crippen LogP contribution in [0.25, 0.3) is 22.3 Å². The Morgan fingerprint density at radius 3 is 1.55 bits per heavy atom. The van der Waals surface area contributed by atoms with Crippen molar-refractivity contribution in [3.8, 4) is 0 Å². The second kappa shape index (κ2) is 16.2. The van der Waals surface area contributed by atoms with Crippen molar-refractivity contribution in [2.24, 2.45) is 0 Å². The van der Waals surface area contributed by atoms with E-state index in [1.165, 1.54) is 42.7 Å². The summed E-state index contributed by atoms with van der Waals surface area (Å²) in [5.41, 5.74) is -1.75. The molecule has 0 bridgehead atoms. The molecule has 266 valence electrons. The van der Waals surface area contributed by atoms with E-state index in [1.54, 1.807) is 0 Å². The number of halogens is 4. The maximum absolute atomic E-state index is 14.6. The van der Waals surface area contributed by atoms with Crippen molar-refractivity contribution in [2.45, 2.75) is 16.7 Å². The highest BCUT2D eigenvalue weighted by Crippen LogP contribution is 2.33. The number of carboxylic acids is 1. The summed E-state index contributed by atoms with van der Waals surface area (Å²) in [5, 5.41) is 10.3. The van der Waals surface area contributed by atoms with Crippen LogP contribution in [0.4, 0.5) is 17.6 Å². The standard InChI is InChI=1S/C36H28F4O9S2/c1-20(41)48-18-28(21-4-10-25(11-5-21)50(2)45)34(24-9-15-30(38)32(40)17-24)36(44)49-19-27(22-6-12-26(13-7-22)51(3,46)47)33(35(42)43)23-8-14-29(37)31(39)16-23/h4-17H,18-19H2,1-3H3,(H,42,43). The van der Waals surface area contributed by atoms with Crippen LogP contribution in [0.3, 0.4) is 0 Å². The van der Waals surface area contributed by atoms with Gasteiger partial charge in [0.1, 0.15) is 19.5 Å². The number of hydrogen-bond acceptors (Lipinski definition) is 8. The van der Waals surface area contributed by atoms with Crippen LogP contribution < -0.4 is 0 Å². The number of aliphatic carboxylic acids is 1.